The van der Waals surface area contributed by atoms with Gasteiger partial charge in [0, 0.05) is 17.1 Å². The van der Waals surface area contributed by atoms with Gasteiger partial charge in [0.25, 0.3) is 0 Å². The monoisotopic (exact) mass is 270 g/mol. The predicted octanol–water partition coefficient (Wildman–Crippen LogP) is 1.35. The van der Waals surface area contributed by atoms with Gasteiger partial charge in [0.05, 0.1) is 6.54 Å². The zero-order valence-electron chi connectivity index (χ0n) is 10.0. The van der Waals surface area contributed by atoms with E-state index in [0.717, 1.165) is 5.56 Å². The second-order valence-corrected chi connectivity index (χ2v) is 4.27. The van der Waals surface area contributed by atoms with Crippen molar-refractivity contribution < 1.29 is 14.7 Å². The number of carbonyl (C=O) groups is 2. The lowest BCUT2D eigenvalue weighted by atomic mass is 10.1. The average molecular weight is 271 g/mol. The molecule has 1 amide bonds. The molecule has 0 saturated carbocycles. The molecule has 0 unspecified atom stereocenters. The zero-order valence-corrected chi connectivity index (χ0v) is 10.8. The van der Waals surface area contributed by atoms with Gasteiger partial charge in [-0.2, -0.15) is 0 Å². The van der Waals surface area contributed by atoms with Crippen LogP contribution in [0.1, 0.15) is 22.8 Å². The number of carbonyl (C=O) groups excluding carboxylic acids is 1. The largest absolute Gasteiger partial charge is 0.480 e. The Labute approximate surface area is 110 Å². The van der Waals surface area contributed by atoms with Crippen LogP contribution in [-0.4, -0.2) is 35.0 Å². The van der Waals surface area contributed by atoms with Gasteiger partial charge in [-0.3, -0.25) is 14.5 Å². The number of benzene rings is 1. The summed E-state index contributed by atoms with van der Waals surface area (Å²) in [6.07, 6.45) is 0. The number of primary amides is 1. The third-order valence-corrected chi connectivity index (χ3v) is 2.89. The number of hydrogen-bond acceptors (Lipinski definition) is 3. The van der Waals surface area contributed by atoms with E-state index in [1.165, 1.54) is 6.07 Å². The molecule has 1 aromatic rings. The highest BCUT2D eigenvalue weighted by Crippen LogP contribution is 2.19. The van der Waals surface area contributed by atoms with E-state index >= 15 is 0 Å². The summed E-state index contributed by atoms with van der Waals surface area (Å²) in [4.78, 5) is 23.3. The van der Waals surface area contributed by atoms with E-state index in [4.69, 9.17) is 22.4 Å². The molecule has 1 aromatic carbocycles. The first-order valence-electron chi connectivity index (χ1n) is 5.46. The van der Waals surface area contributed by atoms with Crippen LogP contribution in [0.25, 0.3) is 0 Å². The molecule has 0 saturated heterocycles. The van der Waals surface area contributed by atoms with E-state index in [2.05, 4.69) is 0 Å². The van der Waals surface area contributed by atoms with Crippen LogP contribution in [0.15, 0.2) is 18.2 Å². The SMILES string of the molecule is CCN(CC(=O)O)Cc1ccc(C(N)=O)cc1Cl. The lowest BCUT2D eigenvalue weighted by Gasteiger charge is -2.18. The van der Waals surface area contributed by atoms with Gasteiger partial charge >= 0.3 is 5.97 Å². The second kappa shape index (κ2) is 6.37. The lowest BCUT2D eigenvalue weighted by Crippen LogP contribution is -2.29. The summed E-state index contributed by atoms with van der Waals surface area (Å²) in [6, 6.07) is 4.76. The molecule has 0 aliphatic rings. The van der Waals surface area contributed by atoms with Crippen LogP contribution in [0.4, 0.5) is 0 Å². The molecule has 0 radical (unpaired) electrons. The summed E-state index contributed by atoms with van der Waals surface area (Å²) < 4.78 is 0. The van der Waals surface area contributed by atoms with E-state index in [-0.39, 0.29) is 6.54 Å². The molecule has 0 heterocycles. The fraction of sp³-hybridized carbons (Fsp3) is 0.333. The number of aliphatic carboxylic acids is 1. The van der Waals surface area contributed by atoms with Crippen molar-refractivity contribution in [2.45, 2.75) is 13.5 Å². The Balaban J connectivity index is 2.83. The maximum absolute atomic E-state index is 11.0. The summed E-state index contributed by atoms with van der Waals surface area (Å²) in [5.41, 5.74) is 6.25. The highest BCUT2D eigenvalue weighted by atomic mass is 35.5. The van der Waals surface area contributed by atoms with Crippen LogP contribution < -0.4 is 5.73 Å². The maximum Gasteiger partial charge on any atom is 0.317 e. The van der Waals surface area contributed by atoms with Gasteiger partial charge in [-0.1, -0.05) is 24.6 Å². The van der Waals surface area contributed by atoms with Gasteiger partial charge in [-0.05, 0) is 24.2 Å². The molecule has 0 aromatic heterocycles. The van der Waals surface area contributed by atoms with Gasteiger partial charge < -0.3 is 10.8 Å². The predicted molar refractivity (Wildman–Crippen MR) is 68.6 cm³/mol. The van der Waals surface area contributed by atoms with Crippen LogP contribution in [0.5, 0.6) is 0 Å². The van der Waals surface area contributed by atoms with Crippen molar-refractivity contribution in [3.8, 4) is 0 Å². The van der Waals surface area contributed by atoms with Gasteiger partial charge in [0.2, 0.25) is 5.91 Å². The number of carboxylic acids is 1. The number of halogens is 1. The Morgan fingerprint density at radius 3 is 2.56 bits per heavy atom. The third kappa shape index (κ3) is 4.01. The summed E-state index contributed by atoms with van der Waals surface area (Å²) >= 11 is 6.03. The van der Waals surface area contributed by atoms with Crippen molar-refractivity contribution in [3.63, 3.8) is 0 Å². The summed E-state index contributed by atoms with van der Waals surface area (Å²) in [5.74, 6) is -1.43. The minimum Gasteiger partial charge on any atom is -0.480 e. The molecule has 0 aliphatic heterocycles. The average Bonchev–Trinajstić information content (AvgIpc) is 2.29. The van der Waals surface area contributed by atoms with Crippen molar-refractivity contribution in [2.75, 3.05) is 13.1 Å². The second-order valence-electron chi connectivity index (χ2n) is 3.87. The topological polar surface area (TPSA) is 83.6 Å². The molecule has 98 valence electrons. The first-order valence-corrected chi connectivity index (χ1v) is 5.84. The molecule has 18 heavy (non-hydrogen) atoms. The Morgan fingerprint density at radius 1 is 1.44 bits per heavy atom. The minimum atomic E-state index is -0.887. The fourth-order valence-corrected chi connectivity index (χ4v) is 1.78. The standard InChI is InChI=1S/C12H15ClN2O3/c1-2-15(7-11(16)17)6-9-4-3-8(12(14)18)5-10(9)13/h3-5H,2,6-7H2,1H3,(H2,14,18)(H,16,17). The number of likely N-dealkylation sites (N-methyl/N-ethyl adjacent to an activating group) is 1. The van der Waals surface area contributed by atoms with Crippen LogP contribution >= 0.6 is 11.6 Å². The molecule has 5 nitrogen and oxygen atoms in total. The van der Waals surface area contributed by atoms with Gasteiger partial charge in [-0.15, -0.1) is 0 Å². The number of nitrogens with zero attached hydrogens (tertiary/aromatic N) is 1. The number of nitrogens with two attached hydrogens (primary N) is 1. The number of rotatable bonds is 6. The number of carboxylic acid groups (broad SMARTS) is 1. The van der Waals surface area contributed by atoms with Crippen LogP contribution in [0.3, 0.4) is 0 Å². The highest BCUT2D eigenvalue weighted by Gasteiger charge is 2.11. The van der Waals surface area contributed by atoms with Crippen LogP contribution in [-0.2, 0) is 11.3 Å². The molecule has 0 fully saturated rings. The first-order chi connectivity index (χ1) is 8.43. The van der Waals surface area contributed by atoms with E-state index in [0.29, 0.717) is 23.7 Å². The molecule has 6 heteroatoms. The minimum absolute atomic E-state index is 0.0512. The van der Waals surface area contributed by atoms with Crippen molar-refractivity contribution in [1.29, 1.82) is 0 Å². The van der Waals surface area contributed by atoms with Crippen LogP contribution in [0, 0.1) is 0 Å². The smallest absolute Gasteiger partial charge is 0.317 e. The molecular formula is C12H15ClN2O3. The summed E-state index contributed by atoms with van der Waals surface area (Å²) in [7, 11) is 0. The molecular weight excluding hydrogens is 256 g/mol. The Hall–Kier alpha value is -1.59. The maximum atomic E-state index is 11.0. The molecule has 0 aliphatic carbocycles. The van der Waals surface area contributed by atoms with E-state index in [9.17, 15) is 9.59 Å². The van der Waals surface area contributed by atoms with E-state index < -0.39 is 11.9 Å². The fourth-order valence-electron chi connectivity index (χ4n) is 1.54. The van der Waals surface area contributed by atoms with E-state index in [1.807, 2.05) is 6.92 Å². The zero-order chi connectivity index (χ0) is 13.7. The Bertz CT molecular complexity index is 463. The van der Waals surface area contributed by atoms with Crippen molar-refractivity contribution >= 4 is 23.5 Å². The first kappa shape index (κ1) is 14.5. The molecule has 3 N–H and O–H groups in total. The van der Waals surface area contributed by atoms with Crippen molar-refractivity contribution in [2.24, 2.45) is 5.73 Å². The lowest BCUT2D eigenvalue weighted by molar-refractivity contribution is -0.138. The van der Waals surface area contributed by atoms with Gasteiger partial charge in [0.1, 0.15) is 0 Å². The molecule has 0 spiro atoms. The number of amides is 1. The highest BCUT2D eigenvalue weighted by molar-refractivity contribution is 6.31. The summed E-state index contributed by atoms with van der Waals surface area (Å²) in [6.45, 7) is 2.83. The molecule has 0 atom stereocenters. The Morgan fingerprint density at radius 2 is 2.11 bits per heavy atom. The van der Waals surface area contributed by atoms with E-state index in [1.54, 1.807) is 17.0 Å². The van der Waals surface area contributed by atoms with Gasteiger partial charge in [-0.25, -0.2) is 0 Å². The third-order valence-electron chi connectivity index (χ3n) is 2.54. The molecule has 1 rings (SSSR count). The summed E-state index contributed by atoms with van der Waals surface area (Å²) in [5, 5.41) is 9.16. The van der Waals surface area contributed by atoms with Crippen molar-refractivity contribution in [3.05, 3.63) is 34.3 Å². The van der Waals surface area contributed by atoms with Crippen LogP contribution in [0.2, 0.25) is 5.02 Å². The van der Waals surface area contributed by atoms with Gasteiger partial charge in [0.15, 0.2) is 0 Å². The Kier molecular flexibility index (Phi) is 5.12. The quantitative estimate of drug-likeness (QED) is 0.817. The van der Waals surface area contributed by atoms with Crippen molar-refractivity contribution in [1.82, 2.24) is 4.90 Å². The molecule has 0 bridgehead atoms. The number of hydrogen-bond donors (Lipinski definition) is 2. The normalized spacial score (nSPS) is 10.6.